The molecule has 0 heterocycles. The molecule has 0 bridgehead atoms. The van der Waals surface area contributed by atoms with Gasteiger partial charge in [0, 0.05) is 19.8 Å². The Labute approximate surface area is 357 Å². The van der Waals surface area contributed by atoms with Gasteiger partial charge >= 0.3 is 7.60 Å². The second-order valence-corrected chi connectivity index (χ2v) is 17.5. The van der Waals surface area contributed by atoms with E-state index >= 15 is 0 Å². The first kappa shape index (κ1) is 53.7. The maximum absolute atomic E-state index is 13.8. The molecular weight excluding hydrogens is 813 g/mol. The summed E-state index contributed by atoms with van der Waals surface area (Å²) in [5.74, 6) is -4.00. The minimum absolute atomic E-state index is 0.00740. The summed E-state index contributed by atoms with van der Waals surface area (Å²) in [6, 6.07) is -0.755. The van der Waals surface area contributed by atoms with Crippen LogP contribution in [0, 0.1) is 11.8 Å². The molecule has 0 aromatic heterocycles. The zero-order valence-corrected chi connectivity index (χ0v) is 36.9. The van der Waals surface area contributed by atoms with Crippen LogP contribution >= 0.6 is 7.60 Å². The van der Waals surface area contributed by atoms with Crippen LogP contribution in [-0.2, 0) is 39.8 Å². The molecule has 1 aromatic rings. The lowest BCUT2D eigenvalue weighted by atomic mass is 10.0. The number of nitrogens with zero attached hydrogens (tertiary/aromatic N) is 2. The summed E-state index contributed by atoms with van der Waals surface area (Å²) in [6.07, 6.45) is 1.24. The van der Waals surface area contributed by atoms with Crippen LogP contribution in [0.25, 0.3) is 0 Å². The van der Waals surface area contributed by atoms with Crippen molar-refractivity contribution in [3.05, 3.63) is 29.8 Å². The Morgan fingerprint density at radius 2 is 1.11 bits per heavy atom. The molecule has 0 saturated heterocycles. The highest BCUT2D eigenvalue weighted by atomic mass is 31.2. The Bertz CT molecular complexity index is 1710. The van der Waals surface area contributed by atoms with Gasteiger partial charge in [-0.25, -0.2) is 4.57 Å². The third kappa shape index (κ3) is 23.3. The minimum Gasteiger partial charge on any atom is -0.425 e. The highest BCUT2D eigenvalue weighted by Crippen LogP contribution is 2.38. The normalized spacial score (nSPS) is 15.1. The van der Waals surface area contributed by atoms with Gasteiger partial charge in [-0.05, 0) is 81.4 Å². The van der Waals surface area contributed by atoms with Crippen molar-refractivity contribution < 1.29 is 42.7 Å². The number of rotatable bonds is 28. The Morgan fingerprint density at radius 3 is 1.57 bits per heavy atom. The second-order valence-electron chi connectivity index (χ2n) is 15.7. The van der Waals surface area contributed by atoms with Crippen LogP contribution in [0.4, 0.5) is 0 Å². The van der Waals surface area contributed by atoms with Crippen LogP contribution in [0.3, 0.4) is 0 Å². The number of Topliss-reactive ketones (excluding diaryl/α,β-unsaturated/α-hetero) is 1. The number of nitrogens with two attached hydrogens (primary N) is 6. The third-order valence-corrected chi connectivity index (χ3v) is 9.36. The average Bonchev–Trinajstić information content (AvgIpc) is 3.14. The molecular formula is C38H68N13O9P. The fourth-order valence-corrected chi connectivity index (χ4v) is 6.31. The van der Waals surface area contributed by atoms with Crippen molar-refractivity contribution in [3.63, 3.8) is 0 Å². The van der Waals surface area contributed by atoms with Gasteiger partial charge in [-0.1, -0.05) is 39.8 Å². The largest absolute Gasteiger partial charge is 0.425 e. The first-order valence-corrected chi connectivity index (χ1v) is 22.1. The fourth-order valence-electron chi connectivity index (χ4n) is 5.79. The van der Waals surface area contributed by atoms with Gasteiger partial charge in [0.1, 0.15) is 23.9 Å². The molecule has 23 heteroatoms. The minimum atomic E-state index is -3.85. The summed E-state index contributed by atoms with van der Waals surface area (Å²) in [7, 11) is -3.85. The van der Waals surface area contributed by atoms with E-state index in [1.165, 1.54) is 31.2 Å². The standard InChI is InChI=1S/C38H68N13O9P/c1-21(2)17-26(39)33(54)47-20-31(52)30(19-24-11-13-25(14-12-24)60-61(6,58)59)51-32(53)23(5)48-35(56)28(9-7-15-45-37(41)42)50-36(57)29(10-8-16-46-38(43)44)49-34(55)27(40)18-22(3)4/h11-14,21-23,26-30H,7-10,15-20,39-40H2,1-6H3,(H,47,54)(H,48,56)(H,49,55)(H,50,57)(H,51,53)(H,58,59)(H4,41,42,45)(H4,43,44,46)/t23-,26-,27-,28-,29-,30?/m0/s1. The number of carbonyl (C=O) groups is 6. The lowest BCUT2D eigenvalue weighted by Crippen LogP contribution is -2.58. The molecule has 18 N–H and O–H groups in total. The maximum atomic E-state index is 13.8. The van der Waals surface area contributed by atoms with Crippen molar-refractivity contribution in [1.29, 1.82) is 0 Å². The molecule has 0 aliphatic heterocycles. The average molecular weight is 882 g/mol. The number of guanidine groups is 2. The molecule has 1 aromatic carbocycles. The molecule has 22 nitrogen and oxygen atoms in total. The van der Waals surface area contributed by atoms with Crippen LogP contribution in [-0.4, -0.2) is 115 Å². The number of amides is 5. The number of ketones is 1. The molecule has 7 atom stereocenters. The molecule has 5 amide bonds. The lowest BCUT2D eigenvalue weighted by molar-refractivity contribution is -0.134. The molecule has 2 unspecified atom stereocenters. The first-order chi connectivity index (χ1) is 28.4. The fraction of sp³-hybridized carbons (Fsp3) is 0.632. The number of aliphatic imine (C=N–C) groups is 2. The third-order valence-electron chi connectivity index (χ3n) is 8.81. The smallest absolute Gasteiger partial charge is 0.373 e. The Hall–Kier alpha value is -5.31. The molecule has 1 rings (SSSR count). The predicted molar refractivity (Wildman–Crippen MR) is 233 cm³/mol. The Balaban J connectivity index is 3.32. The van der Waals surface area contributed by atoms with E-state index in [1.807, 2.05) is 27.7 Å². The van der Waals surface area contributed by atoms with E-state index < -0.39 is 85.7 Å². The van der Waals surface area contributed by atoms with Crippen molar-refractivity contribution in [2.24, 2.45) is 56.2 Å². The molecule has 0 saturated carbocycles. The summed E-state index contributed by atoms with van der Waals surface area (Å²) >= 11 is 0. The molecule has 61 heavy (non-hydrogen) atoms. The van der Waals surface area contributed by atoms with Crippen LogP contribution in [0.5, 0.6) is 5.75 Å². The van der Waals surface area contributed by atoms with Crippen molar-refractivity contribution in [1.82, 2.24) is 26.6 Å². The van der Waals surface area contributed by atoms with Crippen molar-refractivity contribution in [2.45, 2.75) is 116 Å². The zero-order valence-electron chi connectivity index (χ0n) is 36.0. The number of nitrogens with one attached hydrogen (secondary N) is 5. The van der Waals surface area contributed by atoms with Gasteiger partial charge in [0.05, 0.1) is 24.7 Å². The quantitative estimate of drug-likeness (QED) is 0.0186. The van der Waals surface area contributed by atoms with Crippen LogP contribution in [0.2, 0.25) is 0 Å². The van der Waals surface area contributed by atoms with E-state index in [-0.39, 0.29) is 74.7 Å². The highest BCUT2D eigenvalue weighted by molar-refractivity contribution is 7.52. The second kappa shape index (κ2) is 26.8. The van der Waals surface area contributed by atoms with E-state index in [9.17, 15) is 38.2 Å². The van der Waals surface area contributed by atoms with Crippen LogP contribution in [0.15, 0.2) is 34.3 Å². The number of carbonyl (C=O) groups excluding carboxylic acids is 6. The molecule has 344 valence electrons. The molecule has 0 fully saturated rings. The van der Waals surface area contributed by atoms with Gasteiger partial charge in [-0.15, -0.1) is 0 Å². The summed E-state index contributed by atoms with van der Waals surface area (Å²) in [5, 5.41) is 13.0. The Kier molecular flexibility index (Phi) is 23.6. The summed E-state index contributed by atoms with van der Waals surface area (Å²) in [5.41, 5.74) is 34.3. The van der Waals surface area contributed by atoms with Gasteiger partial charge in [0.15, 0.2) is 17.7 Å². The summed E-state index contributed by atoms with van der Waals surface area (Å²) in [4.78, 5) is 97.7. The summed E-state index contributed by atoms with van der Waals surface area (Å²) in [6.45, 7) is 9.75. The summed E-state index contributed by atoms with van der Waals surface area (Å²) < 4.78 is 16.7. The highest BCUT2D eigenvalue weighted by Gasteiger charge is 2.31. The van der Waals surface area contributed by atoms with Crippen molar-refractivity contribution >= 4 is 54.8 Å². The van der Waals surface area contributed by atoms with E-state index in [0.29, 0.717) is 18.4 Å². The van der Waals surface area contributed by atoms with Gasteiger partial charge in [-0.3, -0.25) is 38.8 Å². The topological polar surface area (TPSA) is 390 Å². The van der Waals surface area contributed by atoms with Gasteiger partial charge in [-0.2, -0.15) is 0 Å². The molecule has 0 aliphatic carbocycles. The van der Waals surface area contributed by atoms with Crippen molar-refractivity contribution in [3.8, 4) is 5.75 Å². The van der Waals surface area contributed by atoms with Crippen molar-refractivity contribution in [2.75, 3.05) is 26.3 Å². The molecule has 0 aliphatic rings. The number of hydrogen-bond donors (Lipinski definition) is 12. The predicted octanol–water partition coefficient (Wildman–Crippen LogP) is -2.08. The van der Waals surface area contributed by atoms with Gasteiger partial charge in [0.2, 0.25) is 29.5 Å². The maximum Gasteiger partial charge on any atom is 0.373 e. The van der Waals surface area contributed by atoms with E-state index in [0.717, 1.165) is 6.66 Å². The zero-order chi connectivity index (χ0) is 46.4. The number of benzene rings is 1. The lowest BCUT2D eigenvalue weighted by Gasteiger charge is -2.26. The van der Waals surface area contributed by atoms with E-state index in [2.05, 4.69) is 36.6 Å². The van der Waals surface area contributed by atoms with Crippen LogP contribution < -0.4 is 65.5 Å². The Morgan fingerprint density at radius 1 is 0.672 bits per heavy atom. The molecule has 0 spiro atoms. The van der Waals surface area contributed by atoms with Gasteiger partial charge < -0.3 is 70.4 Å². The van der Waals surface area contributed by atoms with Crippen LogP contribution in [0.1, 0.15) is 78.7 Å². The molecule has 0 radical (unpaired) electrons. The van der Waals surface area contributed by atoms with E-state index in [4.69, 9.17) is 38.9 Å². The SMILES string of the molecule is CC(C)C[C@H](N)C(=O)NCC(=O)C(Cc1ccc(OP(C)(=O)O)cc1)NC(=O)[C@H](C)NC(=O)[C@H](CCCN=C(N)N)NC(=O)[C@H](CCCN=C(N)N)NC(=O)[C@@H](N)CC(C)C. The van der Waals surface area contributed by atoms with E-state index in [1.54, 1.807) is 0 Å². The van der Waals surface area contributed by atoms with Gasteiger partial charge in [0.25, 0.3) is 0 Å². The number of hydrogen-bond acceptors (Lipinski definition) is 12. The monoisotopic (exact) mass is 882 g/mol. The first-order valence-electron chi connectivity index (χ1n) is 20.1.